The minimum absolute atomic E-state index is 0.0251. The fraction of sp³-hybridized carbons (Fsp3) is 0.267. The first kappa shape index (κ1) is 14.3. The Kier molecular flexibility index (Phi) is 4.77. The van der Waals surface area contributed by atoms with E-state index in [1.807, 2.05) is 37.4 Å². The molecule has 1 aromatic carbocycles. The molecule has 2 rings (SSSR count). The van der Waals surface area contributed by atoms with Crippen molar-refractivity contribution < 1.29 is 4.79 Å². The molecular formula is C15H16BrNOS. The zero-order valence-corrected chi connectivity index (χ0v) is 13.3. The van der Waals surface area contributed by atoms with E-state index in [2.05, 4.69) is 33.4 Å². The van der Waals surface area contributed by atoms with Crippen LogP contribution in [0.2, 0.25) is 0 Å². The van der Waals surface area contributed by atoms with E-state index >= 15 is 0 Å². The van der Waals surface area contributed by atoms with E-state index in [9.17, 15) is 4.79 Å². The number of carbonyl (C=O) groups is 1. The molecule has 1 N–H and O–H groups in total. The monoisotopic (exact) mass is 337 g/mol. The Morgan fingerprint density at radius 2 is 2.00 bits per heavy atom. The standard InChI is InChI=1S/C15H16BrNOS/c1-10-7-8-19-14(10)15(18)17-11(2)9-12-3-5-13(16)6-4-12/h3-8,11H,9H2,1-2H3,(H,17,18). The van der Waals surface area contributed by atoms with Gasteiger partial charge in [0.25, 0.3) is 5.91 Å². The van der Waals surface area contributed by atoms with Gasteiger partial charge in [-0.25, -0.2) is 0 Å². The molecule has 0 aliphatic carbocycles. The average molecular weight is 338 g/mol. The highest BCUT2D eigenvalue weighted by Crippen LogP contribution is 2.16. The molecule has 0 fully saturated rings. The summed E-state index contributed by atoms with van der Waals surface area (Å²) in [6.07, 6.45) is 0.837. The smallest absolute Gasteiger partial charge is 0.261 e. The number of halogens is 1. The number of rotatable bonds is 4. The molecule has 0 saturated heterocycles. The second kappa shape index (κ2) is 6.35. The van der Waals surface area contributed by atoms with Crippen molar-refractivity contribution in [2.24, 2.45) is 0 Å². The highest BCUT2D eigenvalue weighted by Gasteiger charge is 2.13. The molecule has 0 aliphatic heterocycles. The van der Waals surface area contributed by atoms with Crippen molar-refractivity contribution in [3.05, 3.63) is 56.2 Å². The molecule has 0 saturated carbocycles. The van der Waals surface area contributed by atoms with Gasteiger partial charge in [-0.1, -0.05) is 28.1 Å². The van der Waals surface area contributed by atoms with Crippen LogP contribution in [-0.4, -0.2) is 11.9 Å². The summed E-state index contributed by atoms with van der Waals surface area (Å²) in [5, 5.41) is 4.99. The average Bonchev–Trinajstić information content (AvgIpc) is 2.78. The topological polar surface area (TPSA) is 29.1 Å². The Bertz CT molecular complexity index is 562. The summed E-state index contributed by atoms with van der Waals surface area (Å²) >= 11 is 4.91. The van der Waals surface area contributed by atoms with Crippen LogP contribution in [0.25, 0.3) is 0 Å². The van der Waals surface area contributed by atoms with Gasteiger partial charge in [0.05, 0.1) is 4.88 Å². The maximum Gasteiger partial charge on any atom is 0.261 e. The van der Waals surface area contributed by atoms with Gasteiger partial charge in [-0.3, -0.25) is 4.79 Å². The van der Waals surface area contributed by atoms with Crippen molar-refractivity contribution in [3.63, 3.8) is 0 Å². The summed E-state index contributed by atoms with van der Waals surface area (Å²) in [5.41, 5.74) is 2.26. The van der Waals surface area contributed by atoms with Crippen LogP contribution in [0.15, 0.2) is 40.2 Å². The van der Waals surface area contributed by atoms with E-state index in [0.717, 1.165) is 21.3 Å². The van der Waals surface area contributed by atoms with Gasteiger partial charge < -0.3 is 5.32 Å². The molecule has 1 unspecified atom stereocenters. The molecule has 0 spiro atoms. The van der Waals surface area contributed by atoms with Crippen LogP contribution in [0.5, 0.6) is 0 Å². The quantitative estimate of drug-likeness (QED) is 0.890. The van der Waals surface area contributed by atoms with Crippen LogP contribution >= 0.6 is 27.3 Å². The molecule has 1 amide bonds. The number of aryl methyl sites for hydroxylation is 1. The summed E-state index contributed by atoms with van der Waals surface area (Å²) in [5.74, 6) is 0.0251. The van der Waals surface area contributed by atoms with E-state index in [1.165, 1.54) is 16.9 Å². The first-order valence-corrected chi connectivity index (χ1v) is 7.83. The van der Waals surface area contributed by atoms with Crippen molar-refractivity contribution >= 4 is 33.2 Å². The van der Waals surface area contributed by atoms with Crippen molar-refractivity contribution in [2.75, 3.05) is 0 Å². The van der Waals surface area contributed by atoms with Gasteiger partial charge >= 0.3 is 0 Å². The maximum atomic E-state index is 12.1. The molecule has 100 valence electrons. The second-order valence-electron chi connectivity index (χ2n) is 4.64. The SMILES string of the molecule is Cc1ccsc1C(=O)NC(C)Cc1ccc(Br)cc1. The third kappa shape index (κ3) is 3.91. The molecule has 19 heavy (non-hydrogen) atoms. The van der Waals surface area contributed by atoms with E-state index in [-0.39, 0.29) is 11.9 Å². The molecule has 2 nitrogen and oxygen atoms in total. The highest BCUT2D eigenvalue weighted by molar-refractivity contribution is 9.10. The predicted octanol–water partition coefficient (Wildman–Crippen LogP) is 4.18. The van der Waals surface area contributed by atoms with E-state index in [0.29, 0.717) is 0 Å². The van der Waals surface area contributed by atoms with Crippen LogP contribution in [-0.2, 0) is 6.42 Å². The Hall–Kier alpha value is -1.13. The van der Waals surface area contributed by atoms with Gasteiger partial charge in [0.1, 0.15) is 0 Å². The minimum atomic E-state index is 0.0251. The highest BCUT2D eigenvalue weighted by atomic mass is 79.9. The number of hydrogen-bond donors (Lipinski definition) is 1. The summed E-state index contributed by atoms with van der Waals surface area (Å²) in [4.78, 5) is 12.9. The molecule has 2 aromatic rings. The number of hydrogen-bond acceptors (Lipinski definition) is 2. The van der Waals surface area contributed by atoms with Crippen LogP contribution < -0.4 is 5.32 Å². The van der Waals surface area contributed by atoms with Gasteiger partial charge in [-0.15, -0.1) is 11.3 Å². The molecule has 0 bridgehead atoms. The second-order valence-corrected chi connectivity index (χ2v) is 6.47. The van der Waals surface area contributed by atoms with Crippen molar-refractivity contribution in [1.82, 2.24) is 5.32 Å². The predicted molar refractivity (Wildman–Crippen MR) is 83.8 cm³/mol. The van der Waals surface area contributed by atoms with E-state index in [4.69, 9.17) is 0 Å². The minimum Gasteiger partial charge on any atom is -0.349 e. The maximum absolute atomic E-state index is 12.1. The summed E-state index contributed by atoms with van der Waals surface area (Å²) in [6, 6.07) is 10.3. The lowest BCUT2D eigenvalue weighted by atomic mass is 10.1. The van der Waals surface area contributed by atoms with Crippen molar-refractivity contribution in [2.45, 2.75) is 26.3 Å². The lowest BCUT2D eigenvalue weighted by Gasteiger charge is -2.13. The van der Waals surface area contributed by atoms with Crippen molar-refractivity contribution in [1.29, 1.82) is 0 Å². The number of carbonyl (C=O) groups excluding carboxylic acids is 1. The molecular weight excluding hydrogens is 322 g/mol. The zero-order valence-electron chi connectivity index (χ0n) is 10.9. The molecule has 1 aromatic heterocycles. The third-order valence-electron chi connectivity index (χ3n) is 2.90. The largest absolute Gasteiger partial charge is 0.349 e. The normalized spacial score (nSPS) is 12.2. The van der Waals surface area contributed by atoms with Crippen LogP contribution in [0.1, 0.15) is 27.7 Å². The van der Waals surface area contributed by atoms with Gasteiger partial charge in [-0.2, -0.15) is 0 Å². The fourth-order valence-electron chi connectivity index (χ4n) is 1.92. The van der Waals surface area contributed by atoms with Crippen LogP contribution in [0.3, 0.4) is 0 Å². The Balaban J connectivity index is 1.94. The third-order valence-corrected chi connectivity index (χ3v) is 4.44. The lowest BCUT2D eigenvalue weighted by Crippen LogP contribution is -2.33. The van der Waals surface area contributed by atoms with Gasteiger partial charge in [0.15, 0.2) is 0 Å². The Morgan fingerprint density at radius 3 is 2.58 bits per heavy atom. The molecule has 1 atom stereocenters. The van der Waals surface area contributed by atoms with E-state index in [1.54, 1.807) is 0 Å². The number of benzene rings is 1. The van der Waals surface area contributed by atoms with E-state index < -0.39 is 0 Å². The van der Waals surface area contributed by atoms with Crippen molar-refractivity contribution in [3.8, 4) is 0 Å². The Morgan fingerprint density at radius 1 is 1.32 bits per heavy atom. The first-order valence-electron chi connectivity index (χ1n) is 6.15. The number of thiophene rings is 1. The molecule has 4 heteroatoms. The van der Waals surface area contributed by atoms with Gasteiger partial charge in [-0.05, 0) is 55.0 Å². The van der Waals surface area contributed by atoms with Crippen LogP contribution in [0, 0.1) is 6.92 Å². The molecule has 0 radical (unpaired) electrons. The molecule has 1 heterocycles. The number of amides is 1. The zero-order chi connectivity index (χ0) is 13.8. The summed E-state index contributed by atoms with van der Waals surface area (Å²) in [7, 11) is 0. The summed E-state index contributed by atoms with van der Waals surface area (Å²) in [6.45, 7) is 3.99. The van der Waals surface area contributed by atoms with Gasteiger partial charge in [0.2, 0.25) is 0 Å². The lowest BCUT2D eigenvalue weighted by molar-refractivity contribution is 0.0943. The summed E-state index contributed by atoms with van der Waals surface area (Å²) < 4.78 is 1.07. The molecule has 0 aliphatic rings. The number of nitrogens with one attached hydrogen (secondary N) is 1. The van der Waals surface area contributed by atoms with Gasteiger partial charge in [0, 0.05) is 10.5 Å². The first-order chi connectivity index (χ1) is 9.06. The van der Waals surface area contributed by atoms with Crippen LogP contribution in [0.4, 0.5) is 0 Å². The fourth-order valence-corrected chi connectivity index (χ4v) is 3.01. The Labute approximate surface area is 126 Å².